The number of nitrogens with zero attached hydrogens (tertiary/aromatic N) is 1. The fourth-order valence-corrected chi connectivity index (χ4v) is 1.36. The van der Waals surface area contributed by atoms with Crippen molar-refractivity contribution < 1.29 is 9.31 Å². The maximum absolute atomic E-state index is 12.5. The maximum atomic E-state index is 12.5. The highest BCUT2D eigenvalue weighted by Gasteiger charge is 2.18. The summed E-state index contributed by atoms with van der Waals surface area (Å²) in [5, 5.41) is 10.7. The van der Waals surface area contributed by atoms with Crippen molar-refractivity contribution in [1.29, 1.82) is 0 Å². The molecule has 0 aliphatic carbocycles. The molecule has 0 aliphatic rings. The zero-order valence-corrected chi connectivity index (χ0v) is 8.24. The van der Waals surface area contributed by atoms with E-state index in [0.29, 0.717) is 5.56 Å². The number of rotatable bonds is 3. The van der Waals surface area contributed by atoms with E-state index < -0.39 is 17.5 Å². The van der Waals surface area contributed by atoms with Crippen molar-refractivity contribution in [3.05, 3.63) is 39.4 Å². The van der Waals surface area contributed by atoms with Gasteiger partial charge in [0.25, 0.3) is 5.69 Å². The molecular formula is C11H10FNO2. The van der Waals surface area contributed by atoms with Gasteiger partial charge in [0, 0.05) is 12.0 Å². The zero-order chi connectivity index (χ0) is 11.4. The number of alkyl halides is 1. The Morgan fingerprint density at radius 1 is 1.67 bits per heavy atom. The second kappa shape index (κ2) is 4.56. The van der Waals surface area contributed by atoms with Gasteiger partial charge in [-0.3, -0.25) is 14.5 Å². The molecule has 0 fully saturated rings. The van der Waals surface area contributed by atoms with E-state index in [4.69, 9.17) is 6.42 Å². The highest BCUT2D eigenvalue weighted by molar-refractivity contribution is 5.55. The van der Waals surface area contributed by atoms with Crippen LogP contribution in [0, 0.1) is 22.5 Å². The minimum atomic E-state index is -0.587. The van der Waals surface area contributed by atoms with Crippen molar-refractivity contribution in [3.8, 4) is 12.3 Å². The molecule has 0 aliphatic heterocycles. The molecule has 0 spiro atoms. The second-order valence-corrected chi connectivity index (χ2v) is 3.20. The van der Waals surface area contributed by atoms with Crippen LogP contribution in [-0.2, 0) is 0 Å². The van der Waals surface area contributed by atoms with Crippen LogP contribution in [0.1, 0.15) is 24.0 Å². The highest BCUT2D eigenvalue weighted by atomic mass is 19.1. The molecule has 1 aromatic rings. The number of benzene rings is 1. The van der Waals surface area contributed by atoms with E-state index in [-0.39, 0.29) is 11.3 Å². The number of nitro benzene ring substituents is 1. The van der Waals surface area contributed by atoms with Gasteiger partial charge in [0.05, 0.1) is 11.6 Å². The molecule has 1 aromatic carbocycles. The molecule has 15 heavy (non-hydrogen) atoms. The first-order valence-electron chi connectivity index (χ1n) is 4.41. The van der Waals surface area contributed by atoms with Crippen molar-refractivity contribution in [3.63, 3.8) is 0 Å². The van der Waals surface area contributed by atoms with Crippen molar-refractivity contribution in [2.24, 2.45) is 0 Å². The van der Waals surface area contributed by atoms with Gasteiger partial charge >= 0.3 is 0 Å². The van der Waals surface area contributed by atoms with Crippen molar-refractivity contribution in [1.82, 2.24) is 0 Å². The molecule has 0 radical (unpaired) electrons. The number of hydrogen-bond acceptors (Lipinski definition) is 2. The summed E-state index contributed by atoms with van der Waals surface area (Å²) in [6.07, 6.45) is 5.20. The molecule has 4 heteroatoms. The number of halogens is 1. The Morgan fingerprint density at radius 3 is 2.80 bits per heavy atom. The van der Waals surface area contributed by atoms with Gasteiger partial charge in [-0.15, -0.1) is 6.42 Å². The molecule has 3 nitrogen and oxygen atoms in total. The molecule has 0 saturated heterocycles. The number of hydrogen-bond donors (Lipinski definition) is 0. The molecule has 0 heterocycles. The van der Waals surface area contributed by atoms with Crippen LogP contribution in [0.15, 0.2) is 18.2 Å². The molecule has 1 unspecified atom stereocenters. The van der Waals surface area contributed by atoms with Gasteiger partial charge in [0.2, 0.25) is 0 Å². The largest absolute Gasteiger partial charge is 0.285 e. The predicted octanol–water partition coefficient (Wildman–Crippen LogP) is 2.65. The highest BCUT2D eigenvalue weighted by Crippen LogP contribution is 2.27. The second-order valence-electron chi connectivity index (χ2n) is 3.20. The lowest BCUT2D eigenvalue weighted by Gasteiger charge is -2.09. The van der Waals surface area contributed by atoms with Crippen LogP contribution in [0.3, 0.4) is 0 Å². The maximum Gasteiger partial charge on any atom is 0.285 e. The third-order valence-electron chi connectivity index (χ3n) is 2.18. The van der Waals surface area contributed by atoms with Gasteiger partial charge < -0.3 is 0 Å². The van der Waals surface area contributed by atoms with E-state index in [1.165, 1.54) is 12.1 Å². The molecule has 0 N–H and O–H groups in total. The van der Waals surface area contributed by atoms with Gasteiger partial charge in [0.1, 0.15) is 5.56 Å². The van der Waals surface area contributed by atoms with Crippen molar-refractivity contribution >= 4 is 5.69 Å². The summed E-state index contributed by atoms with van der Waals surface area (Å²) in [6, 6.07) is 4.45. The minimum absolute atomic E-state index is 0.143. The minimum Gasteiger partial charge on any atom is -0.258 e. The van der Waals surface area contributed by atoms with Crippen LogP contribution in [-0.4, -0.2) is 11.6 Å². The summed E-state index contributed by atoms with van der Waals surface area (Å²) in [7, 11) is 0. The fraction of sp³-hybridized carbons (Fsp3) is 0.273. The van der Waals surface area contributed by atoms with Gasteiger partial charge in [-0.2, -0.15) is 0 Å². The monoisotopic (exact) mass is 207 g/mol. The third-order valence-corrected chi connectivity index (χ3v) is 2.18. The Bertz CT molecular complexity index is 423. The van der Waals surface area contributed by atoms with Crippen LogP contribution < -0.4 is 0 Å². The summed E-state index contributed by atoms with van der Waals surface area (Å²) >= 11 is 0. The van der Waals surface area contributed by atoms with Crippen molar-refractivity contribution in [2.45, 2.75) is 12.8 Å². The lowest BCUT2D eigenvalue weighted by molar-refractivity contribution is -0.385. The topological polar surface area (TPSA) is 43.1 Å². The average Bonchev–Trinajstić information content (AvgIpc) is 2.26. The Hall–Kier alpha value is -1.89. The Labute approximate surface area is 87.1 Å². The van der Waals surface area contributed by atoms with Gasteiger partial charge in [0.15, 0.2) is 0 Å². The van der Waals surface area contributed by atoms with E-state index in [1.54, 1.807) is 13.0 Å². The van der Waals surface area contributed by atoms with Gasteiger partial charge in [-0.05, 0) is 5.56 Å². The van der Waals surface area contributed by atoms with Crippen LogP contribution >= 0.6 is 0 Å². The summed E-state index contributed by atoms with van der Waals surface area (Å²) in [4.78, 5) is 10.1. The predicted molar refractivity (Wildman–Crippen MR) is 55.4 cm³/mol. The Kier molecular flexibility index (Phi) is 3.40. The molecular weight excluding hydrogens is 197 g/mol. The zero-order valence-electron chi connectivity index (χ0n) is 8.24. The van der Waals surface area contributed by atoms with E-state index >= 15 is 0 Å². The van der Waals surface area contributed by atoms with Gasteiger partial charge in [-0.25, -0.2) is 0 Å². The summed E-state index contributed by atoms with van der Waals surface area (Å²) in [6.45, 7) is 1.05. The smallest absolute Gasteiger partial charge is 0.258 e. The van der Waals surface area contributed by atoms with E-state index in [9.17, 15) is 14.5 Å². The lowest BCUT2D eigenvalue weighted by Crippen LogP contribution is -2.02. The number of terminal acetylenes is 1. The first kappa shape index (κ1) is 11.2. The normalized spacial score (nSPS) is 11.8. The molecule has 0 saturated carbocycles. The molecule has 1 rings (SSSR count). The summed E-state index contributed by atoms with van der Waals surface area (Å²) in [5.74, 6) is 1.83. The van der Waals surface area contributed by atoms with Crippen LogP contribution in [0.5, 0.6) is 0 Å². The Morgan fingerprint density at radius 2 is 2.33 bits per heavy atom. The van der Waals surface area contributed by atoms with Gasteiger partial charge in [-0.1, -0.05) is 25.0 Å². The third kappa shape index (κ3) is 2.13. The molecule has 0 amide bonds. The van der Waals surface area contributed by atoms with Crippen LogP contribution in [0.25, 0.3) is 0 Å². The molecule has 1 atom stereocenters. The van der Waals surface area contributed by atoms with Crippen LogP contribution in [0.4, 0.5) is 10.1 Å². The number of nitro groups is 1. The first-order valence-corrected chi connectivity index (χ1v) is 4.41. The first-order chi connectivity index (χ1) is 7.11. The standard InChI is InChI=1S/C11H10FNO2/c1-3-9-10(8(2)7-12)5-4-6-11(9)13(14)15/h1,4-6,8H,7H2,2H3. The van der Waals surface area contributed by atoms with Crippen molar-refractivity contribution in [2.75, 3.05) is 6.67 Å². The molecule has 0 aromatic heterocycles. The SMILES string of the molecule is C#Cc1c(C(C)CF)cccc1[N+](=O)[O-]. The summed E-state index contributed by atoms with van der Waals surface area (Å²) in [5.41, 5.74) is 0.539. The summed E-state index contributed by atoms with van der Waals surface area (Å²) < 4.78 is 12.5. The Balaban J connectivity index is 3.36. The van der Waals surface area contributed by atoms with E-state index in [0.717, 1.165) is 0 Å². The average molecular weight is 207 g/mol. The van der Waals surface area contributed by atoms with E-state index in [1.807, 2.05) is 0 Å². The lowest BCUT2D eigenvalue weighted by atomic mass is 9.96. The molecule has 78 valence electrons. The van der Waals surface area contributed by atoms with E-state index in [2.05, 4.69) is 5.92 Å². The fourth-order valence-electron chi connectivity index (χ4n) is 1.36. The quantitative estimate of drug-likeness (QED) is 0.434. The molecule has 0 bridgehead atoms. The van der Waals surface area contributed by atoms with Crippen LogP contribution in [0.2, 0.25) is 0 Å².